The van der Waals surface area contributed by atoms with E-state index in [1.165, 1.54) is 12.1 Å². The average molecular weight is 486 g/mol. The van der Waals surface area contributed by atoms with Crippen molar-refractivity contribution in [2.45, 2.75) is 13.0 Å². The second kappa shape index (κ2) is 6.77. The monoisotopic (exact) mass is 483 g/mol. The van der Waals surface area contributed by atoms with E-state index in [1.54, 1.807) is 0 Å². The summed E-state index contributed by atoms with van der Waals surface area (Å²) in [5, 5.41) is 3.64. The molecule has 0 aliphatic rings. The molecule has 2 aromatic carbocycles. The number of halogens is 5. The van der Waals surface area contributed by atoms with Crippen LogP contribution in [0.4, 0.5) is 10.1 Å². The van der Waals surface area contributed by atoms with Crippen LogP contribution in [0.3, 0.4) is 0 Å². The fourth-order valence-electron chi connectivity index (χ4n) is 1.83. The van der Waals surface area contributed by atoms with Gasteiger partial charge in [-0.3, -0.25) is 0 Å². The molecule has 2 rings (SSSR count). The molecule has 6 heteroatoms. The van der Waals surface area contributed by atoms with Crippen LogP contribution in [-0.2, 0) is 0 Å². The fraction of sp³-hybridized carbons (Fsp3) is 0.143. The van der Waals surface area contributed by atoms with Gasteiger partial charge in [0.15, 0.2) is 0 Å². The summed E-state index contributed by atoms with van der Waals surface area (Å²) in [5.41, 5.74) is 1.76. The van der Waals surface area contributed by atoms with Gasteiger partial charge in [-0.05, 0) is 52.7 Å². The van der Waals surface area contributed by atoms with Crippen molar-refractivity contribution >= 4 is 65.1 Å². The highest BCUT2D eigenvalue weighted by atomic mass is 79.9. The van der Waals surface area contributed by atoms with E-state index in [0.717, 1.165) is 14.5 Å². The largest absolute Gasteiger partial charge is 0.376 e. The van der Waals surface area contributed by atoms with E-state index in [-0.39, 0.29) is 11.9 Å². The van der Waals surface area contributed by atoms with Gasteiger partial charge in [-0.1, -0.05) is 49.5 Å². The molecule has 0 bridgehead atoms. The van der Waals surface area contributed by atoms with Crippen LogP contribution in [-0.4, -0.2) is 0 Å². The lowest BCUT2D eigenvalue weighted by Gasteiger charge is -2.19. The SMILES string of the molecule is CC(Nc1c(Cl)cc(F)cc1Br)c1ccc(Br)cc1Br. The molecule has 0 aliphatic carbocycles. The zero-order chi connectivity index (χ0) is 14.9. The van der Waals surface area contributed by atoms with E-state index in [0.29, 0.717) is 15.2 Å². The van der Waals surface area contributed by atoms with Gasteiger partial charge in [0, 0.05) is 19.5 Å². The van der Waals surface area contributed by atoms with Gasteiger partial charge in [0.25, 0.3) is 0 Å². The van der Waals surface area contributed by atoms with Crippen LogP contribution in [0.15, 0.2) is 43.7 Å². The van der Waals surface area contributed by atoms with Crippen LogP contribution in [0.25, 0.3) is 0 Å². The minimum Gasteiger partial charge on any atom is -0.376 e. The van der Waals surface area contributed by atoms with E-state index < -0.39 is 0 Å². The Morgan fingerprint density at radius 2 is 1.80 bits per heavy atom. The Hall–Kier alpha value is -0.100. The van der Waals surface area contributed by atoms with E-state index in [9.17, 15) is 4.39 Å². The summed E-state index contributed by atoms with van der Waals surface area (Å²) in [6.07, 6.45) is 0. The molecule has 0 radical (unpaired) electrons. The molecule has 1 nitrogen and oxygen atoms in total. The van der Waals surface area contributed by atoms with Gasteiger partial charge in [0.2, 0.25) is 0 Å². The van der Waals surface area contributed by atoms with E-state index in [4.69, 9.17) is 11.6 Å². The van der Waals surface area contributed by atoms with Crippen LogP contribution in [0.1, 0.15) is 18.5 Å². The van der Waals surface area contributed by atoms with Crippen molar-refractivity contribution in [1.82, 2.24) is 0 Å². The highest BCUT2D eigenvalue weighted by Gasteiger charge is 2.14. The zero-order valence-corrected chi connectivity index (χ0v) is 15.9. The first kappa shape index (κ1) is 16.3. The van der Waals surface area contributed by atoms with Crippen molar-refractivity contribution < 1.29 is 4.39 Å². The summed E-state index contributed by atoms with van der Waals surface area (Å²) in [5.74, 6) is -0.370. The Kier molecular flexibility index (Phi) is 5.51. The molecule has 1 unspecified atom stereocenters. The lowest BCUT2D eigenvalue weighted by atomic mass is 10.1. The summed E-state index contributed by atoms with van der Waals surface area (Å²) >= 11 is 16.4. The number of hydrogen-bond donors (Lipinski definition) is 1. The maximum Gasteiger partial charge on any atom is 0.125 e. The third-order valence-electron chi connectivity index (χ3n) is 2.80. The Morgan fingerprint density at radius 1 is 1.10 bits per heavy atom. The van der Waals surface area contributed by atoms with Gasteiger partial charge in [-0.15, -0.1) is 0 Å². The molecule has 20 heavy (non-hydrogen) atoms. The fourth-order valence-corrected chi connectivity index (χ4v) is 4.14. The number of hydrogen-bond acceptors (Lipinski definition) is 1. The maximum absolute atomic E-state index is 13.2. The van der Waals surface area contributed by atoms with Crippen LogP contribution in [0.5, 0.6) is 0 Å². The predicted octanol–water partition coefficient (Wildman–Crippen LogP) is 6.94. The van der Waals surface area contributed by atoms with E-state index >= 15 is 0 Å². The Balaban J connectivity index is 2.30. The molecule has 0 saturated carbocycles. The second-order valence-electron chi connectivity index (χ2n) is 4.28. The number of nitrogens with one attached hydrogen (secondary N) is 1. The second-order valence-corrected chi connectivity index (χ2v) is 7.31. The predicted molar refractivity (Wildman–Crippen MR) is 93.0 cm³/mol. The van der Waals surface area contributed by atoms with E-state index in [2.05, 4.69) is 53.1 Å². The smallest absolute Gasteiger partial charge is 0.125 e. The van der Waals surface area contributed by atoms with Crippen LogP contribution in [0, 0.1) is 5.82 Å². The van der Waals surface area contributed by atoms with Gasteiger partial charge < -0.3 is 5.32 Å². The minimum atomic E-state index is -0.370. The van der Waals surface area contributed by atoms with Crippen molar-refractivity contribution in [3.05, 3.63) is 60.2 Å². The lowest BCUT2D eigenvalue weighted by Crippen LogP contribution is -2.08. The van der Waals surface area contributed by atoms with Crippen LogP contribution in [0.2, 0.25) is 5.02 Å². The number of anilines is 1. The Morgan fingerprint density at radius 3 is 2.40 bits per heavy atom. The molecule has 0 amide bonds. The summed E-state index contributed by atoms with van der Waals surface area (Å²) in [6, 6.07) is 8.65. The van der Waals surface area contributed by atoms with Crippen molar-refractivity contribution in [3.63, 3.8) is 0 Å². The van der Waals surface area contributed by atoms with Crippen LogP contribution < -0.4 is 5.32 Å². The molecule has 1 N–H and O–H groups in total. The Labute approximate surface area is 147 Å². The molecule has 0 saturated heterocycles. The molecular formula is C14H10Br3ClFN. The average Bonchev–Trinajstić information content (AvgIpc) is 2.33. The zero-order valence-electron chi connectivity index (χ0n) is 10.4. The first-order valence-corrected chi connectivity index (χ1v) is 8.50. The van der Waals surface area contributed by atoms with Gasteiger partial charge in [-0.25, -0.2) is 4.39 Å². The topological polar surface area (TPSA) is 12.0 Å². The summed E-state index contributed by atoms with van der Waals surface area (Å²) < 4.78 is 15.8. The molecular weight excluding hydrogens is 476 g/mol. The van der Waals surface area contributed by atoms with Gasteiger partial charge in [0.1, 0.15) is 5.82 Å². The van der Waals surface area contributed by atoms with E-state index in [1.807, 2.05) is 25.1 Å². The molecule has 0 spiro atoms. The summed E-state index contributed by atoms with van der Waals surface area (Å²) in [6.45, 7) is 2.01. The maximum atomic E-state index is 13.2. The standard InChI is InChI=1S/C14H10Br3ClFN/c1-7(10-3-2-8(15)4-11(10)16)20-14-12(17)5-9(19)6-13(14)18/h2-7,20H,1H3. The normalized spacial score (nSPS) is 12.3. The molecule has 1 atom stereocenters. The van der Waals surface area contributed by atoms with Crippen molar-refractivity contribution in [2.24, 2.45) is 0 Å². The van der Waals surface area contributed by atoms with Crippen molar-refractivity contribution in [3.8, 4) is 0 Å². The van der Waals surface area contributed by atoms with Crippen molar-refractivity contribution in [2.75, 3.05) is 5.32 Å². The highest BCUT2D eigenvalue weighted by Crippen LogP contribution is 2.36. The van der Waals surface area contributed by atoms with Gasteiger partial charge in [-0.2, -0.15) is 0 Å². The first-order valence-electron chi connectivity index (χ1n) is 5.74. The number of benzene rings is 2. The molecule has 0 fully saturated rings. The summed E-state index contributed by atoms with van der Waals surface area (Å²) in [7, 11) is 0. The third kappa shape index (κ3) is 3.75. The first-order chi connectivity index (χ1) is 9.38. The van der Waals surface area contributed by atoms with Gasteiger partial charge in [0.05, 0.1) is 10.7 Å². The number of rotatable bonds is 3. The van der Waals surface area contributed by atoms with Gasteiger partial charge >= 0.3 is 0 Å². The van der Waals surface area contributed by atoms with Crippen molar-refractivity contribution in [1.29, 1.82) is 0 Å². The molecule has 106 valence electrons. The molecule has 2 aromatic rings. The molecule has 0 aromatic heterocycles. The van der Waals surface area contributed by atoms with Crippen LogP contribution >= 0.6 is 59.4 Å². The highest BCUT2D eigenvalue weighted by molar-refractivity contribution is 9.11. The lowest BCUT2D eigenvalue weighted by molar-refractivity contribution is 0.627. The molecule has 0 heterocycles. The summed E-state index contributed by atoms with van der Waals surface area (Å²) in [4.78, 5) is 0. The minimum absolute atomic E-state index is 0.0109. The Bertz CT molecular complexity index is 625. The quantitative estimate of drug-likeness (QED) is 0.496. The third-order valence-corrected chi connectivity index (χ3v) is 4.90. The molecule has 0 aliphatic heterocycles.